The molecule has 1 heterocycles. The zero-order valence-electron chi connectivity index (χ0n) is 15.6. The fourth-order valence-electron chi connectivity index (χ4n) is 2.48. The number of carbonyl (C=O) groups is 2. The summed E-state index contributed by atoms with van der Waals surface area (Å²) in [6.45, 7) is 2.17. The summed E-state index contributed by atoms with van der Waals surface area (Å²) in [4.78, 5) is 24.5. The lowest BCUT2D eigenvalue weighted by Gasteiger charge is -2.08. The number of hydrogen-bond acceptors (Lipinski definition) is 6. The molecule has 0 atom stereocenters. The molecule has 0 unspecified atom stereocenters. The van der Waals surface area contributed by atoms with Crippen molar-refractivity contribution >= 4 is 29.0 Å². The number of para-hydroxylation sites is 1. The number of aromatic nitrogens is 3. The summed E-state index contributed by atoms with van der Waals surface area (Å²) in [5.74, 6) is -1.16. The highest BCUT2D eigenvalue weighted by Crippen LogP contribution is 2.17. The van der Waals surface area contributed by atoms with Crippen LogP contribution in [0.1, 0.15) is 17.4 Å². The van der Waals surface area contributed by atoms with Gasteiger partial charge in [-0.05, 0) is 43.3 Å². The monoisotopic (exact) mass is 398 g/mol. The second kappa shape index (κ2) is 8.83. The van der Waals surface area contributed by atoms with Crippen LogP contribution in [0.25, 0.3) is 0 Å². The van der Waals surface area contributed by atoms with Crippen LogP contribution in [0, 0.1) is 5.82 Å². The Hall–Kier alpha value is -3.95. The molecule has 150 valence electrons. The molecule has 0 saturated carbocycles. The summed E-state index contributed by atoms with van der Waals surface area (Å²) in [7, 11) is 0. The van der Waals surface area contributed by atoms with Gasteiger partial charge >= 0.3 is 0 Å². The minimum Gasteiger partial charge on any atom is -0.494 e. The lowest BCUT2D eigenvalue weighted by atomic mass is 10.3. The van der Waals surface area contributed by atoms with E-state index in [9.17, 15) is 14.0 Å². The van der Waals surface area contributed by atoms with Gasteiger partial charge in [0, 0.05) is 5.69 Å². The van der Waals surface area contributed by atoms with Crippen LogP contribution in [0.3, 0.4) is 0 Å². The van der Waals surface area contributed by atoms with Crippen molar-refractivity contribution in [2.75, 3.05) is 23.0 Å². The molecule has 0 saturated heterocycles. The summed E-state index contributed by atoms with van der Waals surface area (Å²) >= 11 is 0. The Labute approximate surface area is 165 Å². The summed E-state index contributed by atoms with van der Waals surface area (Å²) in [6, 6.07) is 12.5. The summed E-state index contributed by atoms with van der Waals surface area (Å²) in [5, 5.41) is 12.5. The van der Waals surface area contributed by atoms with Crippen molar-refractivity contribution < 1.29 is 18.7 Å². The van der Waals surface area contributed by atoms with E-state index in [1.165, 1.54) is 18.2 Å². The topological polar surface area (TPSA) is 124 Å². The van der Waals surface area contributed by atoms with Gasteiger partial charge in [-0.1, -0.05) is 17.3 Å². The van der Waals surface area contributed by atoms with Crippen LogP contribution >= 0.6 is 0 Å². The maximum absolute atomic E-state index is 13.7. The lowest BCUT2D eigenvalue weighted by molar-refractivity contribution is -0.116. The molecule has 0 aliphatic heterocycles. The normalized spacial score (nSPS) is 10.4. The highest BCUT2D eigenvalue weighted by atomic mass is 19.1. The Morgan fingerprint density at radius 1 is 1.14 bits per heavy atom. The SMILES string of the molecule is CCOc1ccc(NC(=O)Cn2nnc(C(=O)Nc3ccccc3F)c2N)cc1. The summed E-state index contributed by atoms with van der Waals surface area (Å²) in [5.41, 5.74) is 6.22. The van der Waals surface area contributed by atoms with E-state index in [4.69, 9.17) is 10.5 Å². The van der Waals surface area contributed by atoms with Gasteiger partial charge < -0.3 is 21.1 Å². The molecule has 0 fully saturated rings. The maximum atomic E-state index is 13.7. The Kier molecular flexibility index (Phi) is 6.03. The number of nitrogens with two attached hydrogens (primary N) is 1. The van der Waals surface area contributed by atoms with Crippen molar-refractivity contribution in [3.05, 3.63) is 60.0 Å². The molecule has 0 bridgehead atoms. The van der Waals surface area contributed by atoms with Gasteiger partial charge in [-0.3, -0.25) is 9.59 Å². The number of amides is 2. The maximum Gasteiger partial charge on any atom is 0.280 e. The van der Waals surface area contributed by atoms with E-state index in [-0.39, 0.29) is 23.7 Å². The lowest BCUT2D eigenvalue weighted by Crippen LogP contribution is -2.21. The van der Waals surface area contributed by atoms with E-state index < -0.39 is 17.6 Å². The van der Waals surface area contributed by atoms with Gasteiger partial charge in [0.05, 0.1) is 12.3 Å². The highest BCUT2D eigenvalue weighted by molar-refractivity contribution is 6.05. The number of halogens is 1. The minimum atomic E-state index is -0.731. The molecule has 0 spiro atoms. The molecule has 10 heteroatoms. The molecule has 0 radical (unpaired) electrons. The fourth-order valence-corrected chi connectivity index (χ4v) is 2.48. The molecule has 0 aliphatic carbocycles. The number of carbonyl (C=O) groups excluding carboxylic acids is 2. The van der Waals surface area contributed by atoms with Gasteiger partial charge in [0.2, 0.25) is 5.91 Å². The molecule has 9 nitrogen and oxygen atoms in total. The number of nitrogen functional groups attached to an aromatic ring is 1. The van der Waals surface area contributed by atoms with Gasteiger partial charge in [0.1, 0.15) is 18.1 Å². The van der Waals surface area contributed by atoms with Gasteiger partial charge in [0.15, 0.2) is 11.5 Å². The Morgan fingerprint density at radius 3 is 2.55 bits per heavy atom. The third kappa shape index (κ3) is 4.86. The van der Waals surface area contributed by atoms with Crippen LogP contribution in [-0.4, -0.2) is 33.4 Å². The smallest absolute Gasteiger partial charge is 0.280 e. The van der Waals surface area contributed by atoms with E-state index >= 15 is 0 Å². The average molecular weight is 398 g/mol. The van der Waals surface area contributed by atoms with Crippen molar-refractivity contribution in [1.82, 2.24) is 15.0 Å². The van der Waals surface area contributed by atoms with E-state index in [0.29, 0.717) is 18.0 Å². The Balaban J connectivity index is 1.63. The van der Waals surface area contributed by atoms with Crippen LogP contribution in [-0.2, 0) is 11.3 Å². The van der Waals surface area contributed by atoms with Gasteiger partial charge in [-0.2, -0.15) is 0 Å². The molecular formula is C19H19FN6O3. The second-order valence-corrected chi connectivity index (χ2v) is 5.92. The number of ether oxygens (including phenoxy) is 1. The molecule has 1 aromatic heterocycles. The first-order valence-corrected chi connectivity index (χ1v) is 8.75. The first kappa shape index (κ1) is 19.8. The molecule has 4 N–H and O–H groups in total. The summed E-state index contributed by atoms with van der Waals surface area (Å²) in [6.07, 6.45) is 0. The standard InChI is InChI=1S/C19H19FN6O3/c1-2-29-13-9-7-12(8-10-13)22-16(27)11-26-18(21)17(24-25-26)19(28)23-15-6-4-3-5-14(15)20/h3-10H,2,11,21H2,1H3,(H,22,27)(H,23,28). The molecular weight excluding hydrogens is 379 g/mol. The molecule has 2 amide bonds. The molecule has 3 aromatic rings. The number of nitrogens with one attached hydrogen (secondary N) is 2. The van der Waals surface area contributed by atoms with Crippen LogP contribution in [0.2, 0.25) is 0 Å². The quantitative estimate of drug-likeness (QED) is 0.561. The number of rotatable bonds is 7. The Morgan fingerprint density at radius 2 is 1.86 bits per heavy atom. The average Bonchev–Trinajstić information content (AvgIpc) is 3.06. The van der Waals surface area contributed by atoms with Crippen LogP contribution in [0.5, 0.6) is 5.75 Å². The van der Waals surface area contributed by atoms with Crippen molar-refractivity contribution in [2.45, 2.75) is 13.5 Å². The number of hydrogen-bond donors (Lipinski definition) is 3. The zero-order valence-corrected chi connectivity index (χ0v) is 15.6. The summed E-state index contributed by atoms with van der Waals surface area (Å²) < 4.78 is 20.1. The number of anilines is 3. The van der Waals surface area contributed by atoms with E-state index in [1.54, 1.807) is 30.3 Å². The third-order valence-electron chi connectivity index (χ3n) is 3.85. The first-order valence-electron chi connectivity index (χ1n) is 8.75. The van der Waals surface area contributed by atoms with Gasteiger partial charge in [0.25, 0.3) is 5.91 Å². The van der Waals surface area contributed by atoms with Crippen molar-refractivity contribution in [3.63, 3.8) is 0 Å². The van der Waals surface area contributed by atoms with Crippen LogP contribution in [0.15, 0.2) is 48.5 Å². The van der Waals surface area contributed by atoms with Gasteiger partial charge in [-0.15, -0.1) is 5.10 Å². The predicted octanol–water partition coefficient (Wildman–Crippen LogP) is 2.29. The van der Waals surface area contributed by atoms with E-state index in [1.807, 2.05) is 6.92 Å². The predicted molar refractivity (Wildman–Crippen MR) is 105 cm³/mol. The molecule has 29 heavy (non-hydrogen) atoms. The molecule has 3 rings (SSSR count). The van der Waals surface area contributed by atoms with E-state index in [0.717, 1.165) is 4.68 Å². The largest absolute Gasteiger partial charge is 0.494 e. The van der Waals surface area contributed by atoms with Gasteiger partial charge in [-0.25, -0.2) is 9.07 Å². The first-order chi connectivity index (χ1) is 14.0. The minimum absolute atomic E-state index is 0.0142. The van der Waals surface area contributed by atoms with Crippen LogP contribution < -0.4 is 21.1 Å². The fraction of sp³-hybridized carbons (Fsp3) is 0.158. The Bertz CT molecular complexity index is 1020. The second-order valence-electron chi connectivity index (χ2n) is 5.92. The van der Waals surface area contributed by atoms with E-state index in [2.05, 4.69) is 20.9 Å². The van der Waals surface area contributed by atoms with Crippen molar-refractivity contribution in [3.8, 4) is 5.75 Å². The molecule has 2 aromatic carbocycles. The molecule has 0 aliphatic rings. The van der Waals surface area contributed by atoms with Crippen molar-refractivity contribution in [2.24, 2.45) is 0 Å². The van der Waals surface area contributed by atoms with Crippen LogP contribution in [0.4, 0.5) is 21.6 Å². The third-order valence-corrected chi connectivity index (χ3v) is 3.85. The highest BCUT2D eigenvalue weighted by Gasteiger charge is 2.20. The number of nitrogens with zero attached hydrogens (tertiary/aromatic N) is 3. The zero-order chi connectivity index (χ0) is 20.8. The van der Waals surface area contributed by atoms with Crippen molar-refractivity contribution in [1.29, 1.82) is 0 Å². The number of benzene rings is 2.